The summed E-state index contributed by atoms with van der Waals surface area (Å²) in [5.74, 6) is 0. The molecule has 23 heavy (non-hydrogen) atoms. The Labute approximate surface area is 142 Å². The summed E-state index contributed by atoms with van der Waals surface area (Å²) in [4.78, 5) is 6.42. The van der Waals surface area contributed by atoms with Crippen LogP contribution in [0.2, 0.25) is 0 Å². The van der Waals surface area contributed by atoms with Crippen LogP contribution in [0.4, 0.5) is 0 Å². The summed E-state index contributed by atoms with van der Waals surface area (Å²) in [6.07, 6.45) is 5.08. The zero-order valence-corrected chi connectivity index (χ0v) is 14.2. The third kappa shape index (κ3) is 14.6. The van der Waals surface area contributed by atoms with Crippen LogP contribution in [0.15, 0.2) is 40.4 Å². The van der Waals surface area contributed by atoms with E-state index in [1.807, 2.05) is 0 Å². The van der Waals surface area contributed by atoms with Crippen molar-refractivity contribution >= 4 is 11.4 Å². The number of imidazole rings is 1. The molecule has 0 bridgehead atoms. The number of nitrogens with one attached hydrogen (secondary N) is 2. The van der Waals surface area contributed by atoms with Crippen LogP contribution in [0.1, 0.15) is 27.7 Å². The first-order valence-electron chi connectivity index (χ1n) is 5.76. The Morgan fingerprint density at radius 1 is 1.17 bits per heavy atom. The van der Waals surface area contributed by atoms with E-state index in [0.717, 1.165) is 0 Å². The van der Waals surface area contributed by atoms with Gasteiger partial charge in [-0.1, -0.05) is 0 Å². The first-order valence-corrected chi connectivity index (χ1v) is 6.25. The first kappa shape index (κ1) is 25.8. The third-order valence-corrected chi connectivity index (χ3v) is 2.53. The Morgan fingerprint density at radius 3 is 1.78 bits per heavy atom. The van der Waals surface area contributed by atoms with Gasteiger partial charge in [0.25, 0.3) is 0 Å². The van der Waals surface area contributed by atoms with Crippen LogP contribution >= 0.6 is 0 Å². The number of hydroxylamine groups is 2. The van der Waals surface area contributed by atoms with Crippen LogP contribution < -0.4 is 5.48 Å². The molecule has 0 spiro atoms. The number of rotatable bonds is 3. The fraction of sp³-hybridized carbons (Fsp3) is 0.364. The molecule has 0 atom stereocenters. The van der Waals surface area contributed by atoms with Crippen molar-refractivity contribution in [2.75, 3.05) is 0 Å². The van der Waals surface area contributed by atoms with Crippen molar-refractivity contribution in [2.45, 2.75) is 27.7 Å². The van der Waals surface area contributed by atoms with Gasteiger partial charge >= 0.3 is 60.7 Å². The van der Waals surface area contributed by atoms with Crippen LogP contribution in [0, 0.1) is 20.8 Å². The first-order chi connectivity index (χ1) is 10.3. The predicted octanol–water partition coefficient (Wildman–Crippen LogP) is 2.60. The molecule has 0 aromatic carbocycles. The van der Waals surface area contributed by atoms with Gasteiger partial charge < -0.3 is 31.9 Å². The quantitative estimate of drug-likeness (QED) is 0.466. The molecule has 0 saturated heterocycles. The SMILES string of the molecule is CC(=N[O-])C(C)=N[O-].CC(N[O-])=C(C)[N+]([O-])=[Fe].[NH2-].c1c[nH]cn1. The summed E-state index contributed by atoms with van der Waals surface area (Å²) < 4.78 is 0.389. The normalized spacial score (nSPS) is 11.6. The van der Waals surface area contributed by atoms with Gasteiger partial charge in [0.2, 0.25) is 0 Å². The second kappa shape index (κ2) is 16.3. The molecule has 11 nitrogen and oxygen atoms in total. The number of hydrogen-bond acceptors (Lipinski definition) is 8. The predicted molar refractivity (Wildman–Crippen MR) is 85.3 cm³/mol. The molecule has 134 valence electrons. The van der Waals surface area contributed by atoms with Crippen molar-refractivity contribution in [1.29, 1.82) is 0 Å². The van der Waals surface area contributed by atoms with E-state index in [0.29, 0.717) is 15.1 Å². The monoisotopic (exact) mass is 369 g/mol. The van der Waals surface area contributed by atoms with Crippen LogP contribution in [0.5, 0.6) is 0 Å². The van der Waals surface area contributed by atoms with Gasteiger partial charge in [-0.2, -0.15) is 0 Å². The minimum Gasteiger partial charge on any atom is -0.693 e. The molecule has 1 aromatic heterocycles. The van der Waals surface area contributed by atoms with Crippen LogP contribution in [0.3, 0.4) is 0 Å². The van der Waals surface area contributed by atoms with Gasteiger partial charge in [-0.15, -0.1) is 0 Å². The zero-order chi connectivity index (χ0) is 17.5. The molecule has 0 saturated carbocycles. The summed E-state index contributed by atoms with van der Waals surface area (Å²) >= 11 is 3.05. The Bertz CT molecular complexity index is 481. The molecule has 0 unspecified atom stereocenters. The summed E-state index contributed by atoms with van der Waals surface area (Å²) in [7, 11) is 0. The van der Waals surface area contributed by atoms with Gasteiger partial charge in [-0.3, -0.25) is 0 Å². The van der Waals surface area contributed by atoms with Crippen LogP contribution in [-0.4, -0.2) is 25.1 Å². The number of aromatic amines is 1. The Kier molecular flexibility index (Phi) is 18.3. The fourth-order valence-corrected chi connectivity index (χ4v) is 0.734. The van der Waals surface area contributed by atoms with Crippen LogP contribution in [0.25, 0.3) is 6.15 Å². The Hall–Kier alpha value is -2.11. The summed E-state index contributed by atoms with van der Waals surface area (Å²) in [5, 5.41) is 44.4. The molecule has 1 heterocycles. The fourth-order valence-electron chi connectivity index (χ4n) is 0.549. The molecule has 0 radical (unpaired) electrons. The molecular formula is C11H19FeN7O4-4. The zero-order valence-electron chi connectivity index (χ0n) is 13.1. The Morgan fingerprint density at radius 2 is 1.65 bits per heavy atom. The maximum Gasteiger partial charge on any atom is 0.0919 e. The van der Waals surface area contributed by atoms with Crippen molar-refractivity contribution in [2.24, 2.45) is 10.3 Å². The topological polar surface area (TPSA) is 194 Å². The largest absolute Gasteiger partial charge is 0.693 e. The number of nitrogens with zero attached hydrogens (tertiary/aromatic N) is 4. The standard InChI is InChI=1S/C4H8N2O2.C4H7N2O2.C3H4N2.Fe.H2N/c2*1-3(5-7)4(2)6-8;1-2-5-3-4-1;;/h7-8H,1-2H3;5H,1-2H3;1-3H,(H,4,5);;1H2/q;-1;;;-1/p-2. The van der Waals surface area contributed by atoms with Crippen molar-refractivity contribution in [3.05, 3.63) is 57.1 Å². The molecule has 12 heteroatoms. The molecule has 1 aromatic rings. The number of hydrogen-bond donors (Lipinski definition) is 2. The van der Waals surface area contributed by atoms with Crippen LogP contribution in [-0.2, 0) is 15.8 Å². The Balaban J connectivity index is -0.000000263. The average molecular weight is 369 g/mol. The number of H-pyrrole nitrogens is 1. The molecular weight excluding hydrogens is 350 g/mol. The van der Waals surface area contributed by atoms with Crippen molar-refractivity contribution < 1.29 is 19.5 Å². The van der Waals surface area contributed by atoms with E-state index in [1.54, 1.807) is 24.2 Å². The summed E-state index contributed by atoms with van der Waals surface area (Å²) in [6, 6.07) is 0. The van der Waals surface area contributed by atoms with Gasteiger partial charge in [0.1, 0.15) is 0 Å². The number of aromatic nitrogens is 2. The van der Waals surface area contributed by atoms with E-state index < -0.39 is 0 Å². The molecule has 4 N–H and O–H groups in total. The van der Waals surface area contributed by atoms with E-state index >= 15 is 0 Å². The van der Waals surface area contributed by atoms with Gasteiger partial charge in [0.05, 0.1) is 6.33 Å². The van der Waals surface area contributed by atoms with Crippen molar-refractivity contribution in [3.63, 3.8) is 0 Å². The molecule has 0 amide bonds. The molecule has 0 aliphatic heterocycles. The van der Waals surface area contributed by atoms with E-state index in [2.05, 4.69) is 36.1 Å². The van der Waals surface area contributed by atoms with Crippen molar-refractivity contribution in [3.8, 4) is 0 Å². The van der Waals surface area contributed by atoms with E-state index in [-0.39, 0.29) is 17.6 Å². The summed E-state index contributed by atoms with van der Waals surface area (Å²) in [5.41, 5.74) is 2.46. The maximum atomic E-state index is 10.3. The van der Waals surface area contributed by atoms with E-state index in [4.69, 9.17) is 0 Å². The maximum absolute atomic E-state index is 10.3. The van der Waals surface area contributed by atoms with Gasteiger partial charge in [-0.25, -0.2) is 4.98 Å². The van der Waals surface area contributed by atoms with Crippen molar-refractivity contribution in [1.82, 2.24) is 15.4 Å². The second-order valence-electron chi connectivity index (χ2n) is 3.66. The molecule has 0 aliphatic rings. The van der Waals surface area contributed by atoms with E-state index in [1.165, 1.54) is 27.7 Å². The van der Waals surface area contributed by atoms with E-state index in [9.17, 15) is 20.8 Å². The van der Waals surface area contributed by atoms with Gasteiger partial charge in [0, 0.05) is 23.8 Å². The molecule has 0 fully saturated rings. The molecule has 1 rings (SSSR count). The average Bonchev–Trinajstić information content (AvgIpc) is 3.11. The van der Waals surface area contributed by atoms with Gasteiger partial charge in [0.15, 0.2) is 0 Å². The second-order valence-corrected chi connectivity index (χ2v) is 4.11. The smallest absolute Gasteiger partial charge is 0.0919 e. The minimum atomic E-state index is 0. The summed E-state index contributed by atoms with van der Waals surface area (Å²) in [6.45, 7) is 5.89. The number of allylic oxidation sites excluding steroid dienone is 2. The third-order valence-electron chi connectivity index (χ3n) is 2.15. The minimum absolute atomic E-state index is 0. The number of nitrogens with two attached hydrogens (primary N) is 1. The van der Waals surface area contributed by atoms with Gasteiger partial charge in [-0.05, 0) is 13.8 Å². The molecule has 0 aliphatic carbocycles.